The number of amides is 1. The SMILES string of the molecule is CC(C)C1=C(C(=O)N2[C@H](C(=O)O)CC[C@H]2C(C)C)SC2=N[C@@](C)(c3ccc(Cl)cc3)C(c3ccc(Cl)cc3)N21. The summed E-state index contributed by atoms with van der Waals surface area (Å²) in [4.78, 5) is 36.1. The highest BCUT2D eigenvalue weighted by molar-refractivity contribution is 8.18. The Morgan fingerprint density at radius 3 is 2.13 bits per heavy atom. The summed E-state index contributed by atoms with van der Waals surface area (Å²) in [7, 11) is 0. The third-order valence-electron chi connectivity index (χ3n) is 8.08. The summed E-state index contributed by atoms with van der Waals surface area (Å²) in [6.45, 7) is 10.3. The van der Waals surface area contributed by atoms with E-state index in [0.717, 1.165) is 22.0 Å². The number of thioether (sulfide) groups is 1. The lowest BCUT2D eigenvalue weighted by atomic mass is 9.81. The molecule has 0 aliphatic carbocycles. The number of amidine groups is 1. The zero-order valence-electron chi connectivity index (χ0n) is 22.7. The van der Waals surface area contributed by atoms with Crippen molar-refractivity contribution < 1.29 is 14.7 Å². The van der Waals surface area contributed by atoms with Gasteiger partial charge in [-0.15, -0.1) is 0 Å². The van der Waals surface area contributed by atoms with E-state index in [0.29, 0.717) is 27.8 Å². The molecule has 1 saturated heterocycles. The minimum absolute atomic E-state index is 0.00472. The Kier molecular flexibility index (Phi) is 7.55. The number of carbonyl (C=O) groups is 2. The second-order valence-electron chi connectivity index (χ2n) is 11.3. The number of fused-ring (bicyclic) bond motifs is 1. The monoisotopic (exact) mass is 585 g/mol. The minimum Gasteiger partial charge on any atom is -0.480 e. The maximum atomic E-state index is 14.3. The summed E-state index contributed by atoms with van der Waals surface area (Å²) in [5, 5.41) is 12.0. The van der Waals surface area contributed by atoms with Gasteiger partial charge in [0.15, 0.2) is 5.17 Å². The quantitative estimate of drug-likeness (QED) is 0.384. The second kappa shape index (κ2) is 10.5. The number of carbonyl (C=O) groups excluding carboxylic acids is 1. The minimum atomic E-state index is -0.951. The number of rotatable bonds is 6. The molecule has 39 heavy (non-hydrogen) atoms. The molecule has 0 bridgehead atoms. The van der Waals surface area contributed by atoms with Crippen LogP contribution in [0.25, 0.3) is 0 Å². The Morgan fingerprint density at radius 2 is 1.59 bits per heavy atom. The van der Waals surface area contributed by atoms with Crippen molar-refractivity contribution in [3.8, 4) is 0 Å². The number of aliphatic carboxylic acids is 1. The fourth-order valence-electron chi connectivity index (χ4n) is 6.21. The van der Waals surface area contributed by atoms with Crippen molar-refractivity contribution in [2.75, 3.05) is 0 Å². The number of aliphatic imine (C=N–C) groups is 1. The number of nitrogens with zero attached hydrogens (tertiary/aromatic N) is 3. The molecule has 1 N–H and O–H groups in total. The maximum absolute atomic E-state index is 14.3. The predicted octanol–water partition coefficient (Wildman–Crippen LogP) is 7.34. The van der Waals surface area contributed by atoms with Crippen LogP contribution in [0.2, 0.25) is 10.0 Å². The van der Waals surface area contributed by atoms with Gasteiger partial charge in [-0.25, -0.2) is 9.79 Å². The third-order valence-corrected chi connectivity index (χ3v) is 9.65. The zero-order valence-corrected chi connectivity index (χ0v) is 25.0. The number of carboxylic acids is 1. The van der Waals surface area contributed by atoms with Crippen LogP contribution in [-0.2, 0) is 15.1 Å². The number of allylic oxidation sites excluding steroid dienone is 1. The number of halogens is 2. The van der Waals surface area contributed by atoms with Gasteiger partial charge >= 0.3 is 5.97 Å². The summed E-state index contributed by atoms with van der Waals surface area (Å²) >= 11 is 13.8. The number of hydrogen-bond donors (Lipinski definition) is 1. The Bertz CT molecular complexity index is 1360. The second-order valence-corrected chi connectivity index (χ2v) is 13.1. The van der Waals surface area contributed by atoms with Crippen LogP contribution in [0, 0.1) is 11.8 Å². The third kappa shape index (κ3) is 4.76. The van der Waals surface area contributed by atoms with E-state index >= 15 is 0 Å². The summed E-state index contributed by atoms with van der Waals surface area (Å²) in [6.07, 6.45) is 1.15. The van der Waals surface area contributed by atoms with Gasteiger partial charge in [0, 0.05) is 21.8 Å². The molecule has 6 nitrogen and oxygen atoms in total. The molecule has 4 atom stereocenters. The molecular formula is C30H33Cl2N3O3S. The molecule has 2 aromatic rings. The van der Waals surface area contributed by atoms with E-state index in [9.17, 15) is 14.7 Å². The maximum Gasteiger partial charge on any atom is 0.326 e. The lowest BCUT2D eigenvalue weighted by Crippen LogP contribution is -2.47. The van der Waals surface area contributed by atoms with Gasteiger partial charge in [0.05, 0.1) is 6.04 Å². The van der Waals surface area contributed by atoms with E-state index < -0.39 is 17.6 Å². The molecule has 1 amide bonds. The first-order valence-electron chi connectivity index (χ1n) is 13.3. The first-order chi connectivity index (χ1) is 18.4. The van der Waals surface area contributed by atoms with Crippen LogP contribution >= 0.6 is 35.0 Å². The summed E-state index contributed by atoms with van der Waals surface area (Å²) in [5.74, 6) is -1.02. The topological polar surface area (TPSA) is 73.2 Å². The first-order valence-corrected chi connectivity index (χ1v) is 14.9. The van der Waals surface area contributed by atoms with E-state index in [2.05, 4.69) is 25.7 Å². The van der Waals surface area contributed by atoms with Crippen molar-refractivity contribution in [3.05, 3.63) is 80.3 Å². The van der Waals surface area contributed by atoms with Crippen molar-refractivity contribution in [1.29, 1.82) is 0 Å². The van der Waals surface area contributed by atoms with Gasteiger partial charge in [-0.2, -0.15) is 0 Å². The normalized spacial score (nSPS) is 26.6. The molecule has 3 heterocycles. The molecule has 5 rings (SSSR count). The van der Waals surface area contributed by atoms with Gasteiger partial charge in [0.25, 0.3) is 5.91 Å². The lowest BCUT2D eigenvalue weighted by molar-refractivity contribution is -0.148. The van der Waals surface area contributed by atoms with Crippen LogP contribution in [0.15, 0.2) is 64.1 Å². The average molecular weight is 587 g/mol. The van der Waals surface area contributed by atoms with Gasteiger partial charge in [-0.05, 0) is 78.8 Å². The van der Waals surface area contributed by atoms with E-state index in [1.165, 1.54) is 11.8 Å². The largest absolute Gasteiger partial charge is 0.480 e. The van der Waals surface area contributed by atoms with Gasteiger partial charge in [-0.3, -0.25) is 4.79 Å². The van der Waals surface area contributed by atoms with Crippen molar-refractivity contribution in [2.45, 2.75) is 71.1 Å². The van der Waals surface area contributed by atoms with Crippen molar-refractivity contribution >= 4 is 52.0 Å². The number of hydrogen-bond acceptors (Lipinski definition) is 5. The highest BCUT2D eigenvalue weighted by Crippen LogP contribution is 2.56. The zero-order chi connectivity index (χ0) is 28.2. The Labute approximate surface area is 244 Å². The highest BCUT2D eigenvalue weighted by atomic mass is 35.5. The van der Waals surface area contributed by atoms with Crippen LogP contribution in [0.4, 0.5) is 0 Å². The van der Waals surface area contributed by atoms with Crippen LogP contribution < -0.4 is 0 Å². The van der Waals surface area contributed by atoms with Crippen molar-refractivity contribution in [3.63, 3.8) is 0 Å². The van der Waals surface area contributed by atoms with Crippen LogP contribution in [0.5, 0.6) is 0 Å². The Morgan fingerprint density at radius 1 is 1.00 bits per heavy atom. The van der Waals surface area contributed by atoms with E-state index in [-0.39, 0.29) is 29.8 Å². The van der Waals surface area contributed by atoms with Crippen molar-refractivity contribution in [2.24, 2.45) is 16.8 Å². The summed E-state index contributed by atoms with van der Waals surface area (Å²) in [6, 6.07) is 14.3. The fourth-order valence-corrected chi connectivity index (χ4v) is 7.81. The lowest BCUT2D eigenvalue weighted by Gasteiger charge is -2.37. The average Bonchev–Trinajstić information content (AvgIpc) is 3.55. The Hall–Kier alpha value is -2.48. The molecule has 1 fully saturated rings. The van der Waals surface area contributed by atoms with Gasteiger partial charge in [-0.1, -0.05) is 75.2 Å². The molecule has 3 aliphatic heterocycles. The van der Waals surface area contributed by atoms with E-state index in [1.807, 2.05) is 62.4 Å². The predicted molar refractivity (Wildman–Crippen MR) is 158 cm³/mol. The molecule has 3 aliphatic rings. The van der Waals surface area contributed by atoms with Crippen molar-refractivity contribution in [1.82, 2.24) is 9.80 Å². The molecule has 1 unspecified atom stereocenters. The smallest absolute Gasteiger partial charge is 0.326 e. The summed E-state index contributed by atoms with van der Waals surface area (Å²) in [5.41, 5.74) is 2.25. The van der Waals surface area contributed by atoms with Gasteiger partial charge in [0.2, 0.25) is 0 Å². The van der Waals surface area contributed by atoms with Crippen LogP contribution in [0.1, 0.15) is 64.6 Å². The molecule has 2 aromatic carbocycles. The molecular weight excluding hydrogens is 553 g/mol. The number of carboxylic acid groups (broad SMARTS) is 1. The van der Waals surface area contributed by atoms with Gasteiger partial charge < -0.3 is 14.9 Å². The molecule has 9 heteroatoms. The first kappa shape index (κ1) is 28.1. The van der Waals surface area contributed by atoms with E-state index in [1.54, 1.807) is 4.90 Å². The summed E-state index contributed by atoms with van der Waals surface area (Å²) < 4.78 is 0. The fraction of sp³-hybridized carbons (Fsp3) is 0.433. The molecule has 206 valence electrons. The van der Waals surface area contributed by atoms with E-state index in [4.69, 9.17) is 28.2 Å². The molecule has 0 spiro atoms. The molecule has 0 aromatic heterocycles. The standard InChI is InChI=1S/C30H33Cl2N3O3S/c1-16(2)22-14-15-23(28(37)38)34(22)27(36)25-24(17(3)4)35-26(18-6-10-20(31)11-7-18)30(5,33-29(35)39-25)19-8-12-21(32)13-9-19/h6-13,16-17,22-23,26H,14-15H2,1-5H3,(H,37,38)/t22-,23-,26?,30-/m0/s1. The van der Waals surface area contributed by atoms with Gasteiger partial charge in [0.1, 0.15) is 16.5 Å². The molecule has 0 saturated carbocycles. The number of benzene rings is 2. The molecule has 0 radical (unpaired) electrons. The van der Waals surface area contributed by atoms with Crippen LogP contribution in [0.3, 0.4) is 0 Å². The Balaban J connectivity index is 1.64. The highest BCUT2D eigenvalue weighted by Gasteiger charge is 2.54. The number of likely N-dealkylation sites (tertiary alicyclic amines) is 1. The van der Waals surface area contributed by atoms with Crippen LogP contribution in [-0.4, -0.2) is 44.0 Å².